The molecule has 0 aliphatic carbocycles. The smallest absolute Gasteiger partial charge is 0.174 e. The van der Waals surface area contributed by atoms with Gasteiger partial charge in [0.25, 0.3) is 0 Å². The molecule has 0 aliphatic heterocycles. The van der Waals surface area contributed by atoms with Gasteiger partial charge in [-0.05, 0) is 38.1 Å². The number of rotatable bonds is 4. The fraction of sp³-hybridized carbons (Fsp3) is 0.294. The van der Waals surface area contributed by atoms with E-state index in [1.54, 1.807) is 12.1 Å². The maximum atomic E-state index is 12.6. The molecule has 0 atom stereocenters. The molecule has 2 rings (SSSR count). The molecule has 0 aliphatic rings. The number of nitrogens with zero attached hydrogens (tertiary/aromatic N) is 2. The second kappa shape index (κ2) is 7.91. The van der Waals surface area contributed by atoms with Crippen molar-refractivity contribution in [2.24, 2.45) is 0 Å². The fourth-order valence-corrected chi connectivity index (χ4v) is 3.54. The van der Waals surface area contributed by atoms with Crippen LogP contribution in [0.4, 0.5) is 0 Å². The third-order valence-corrected chi connectivity index (χ3v) is 6.06. The van der Waals surface area contributed by atoms with Crippen molar-refractivity contribution in [2.75, 3.05) is 19.8 Å². The minimum atomic E-state index is 0.0589. The highest BCUT2D eigenvalue weighted by molar-refractivity contribution is 8.23. The van der Waals surface area contributed by atoms with Crippen LogP contribution in [0.15, 0.2) is 24.3 Å². The van der Waals surface area contributed by atoms with Gasteiger partial charge >= 0.3 is 0 Å². The number of carbonyl (C=O) groups excluding carboxylic acids is 1. The summed E-state index contributed by atoms with van der Waals surface area (Å²) in [6, 6.07) is 7.34. The Balaban J connectivity index is 2.30. The molecule has 128 valence electrons. The van der Waals surface area contributed by atoms with Gasteiger partial charge in [-0.2, -0.15) is 0 Å². The summed E-state index contributed by atoms with van der Waals surface area (Å²) in [4.78, 5) is 14.4. The van der Waals surface area contributed by atoms with Gasteiger partial charge in [0, 0.05) is 36.7 Å². The van der Waals surface area contributed by atoms with E-state index in [2.05, 4.69) is 0 Å². The minimum absolute atomic E-state index is 0.0589. The molecule has 0 bridgehead atoms. The molecule has 2 aromatic rings. The van der Waals surface area contributed by atoms with Crippen LogP contribution in [0, 0.1) is 13.8 Å². The Labute approximate surface area is 161 Å². The summed E-state index contributed by atoms with van der Waals surface area (Å²) in [5.41, 5.74) is 3.43. The number of halogens is 2. The molecule has 0 fully saturated rings. The van der Waals surface area contributed by atoms with Crippen LogP contribution in [0.3, 0.4) is 0 Å². The number of Topliss-reactive ketones (excluding diaryl/α,β-unsaturated/α-hetero) is 1. The number of benzene rings is 1. The van der Waals surface area contributed by atoms with Crippen LogP contribution in [0.5, 0.6) is 0 Å². The highest BCUT2D eigenvalue weighted by Gasteiger charge is 2.18. The molecule has 0 N–H and O–H groups in total. The summed E-state index contributed by atoms with van der Waals surface area (Å²) in [5, 5.41) is 0.995. The number of hydrogen-bond acceptors (Lipinski definition) is 3. The molecular formula is C17H18Cl2N2OS2. The SMILES string of the molecule is Cc1cc(C(=O)CSC(=S)N(C)C)c(C)n1-c1ccc(Cl)c(Cl)c1. The average Bonchev–Trinajstić information content (AvgIpc) is 2.82. The molecule has 0 saturated carbocycles. The summed E-state index contributed by atoms with van der Waals surface area (Å²) in [6.45, 7) is 3.89. The van der Waals surface area contributed by atoms with Crippen molar-refractivity contribution in [3.63, 3.8) is 0 Å². The van der Waals surface area contributed by atoms with Crippen LogP contribution >= 0.6 is 47.2 Å². The Morgan fingerprint density at radius 1 is 1.21 bits per heavy atom. The van der Waals surface area contributed by atoms with E-state index in [4.69, 9.17) is 35.4 Å². The summed E-state index contributed by atoms with van der Waals surface area (Å²) < 4.78 is 2.70. The van der Waals surface area contributed by atoms with Crippen LogP contribution in [0.25, 0.3) is 5.69 Å². The zero-order valence-electron chi connectivity index (χ0n) is 13.9. The lowest BCUT2D eigenvalue weighted by molar-refractivity contribution is 0.102. The van der Waals surface area contributed by atoms with E-state index in [9.17, 15) is 4.79 Å². The predicted octanol–water partition coefficient (Wildman–Crippen LogP) is 5.16. The van der Waals surface area contributed by atoms with Gasteiger partial charge in [-0.3, -0.25) is 4.79 Å². The molecule has 1 aromatic carbocycles. The van der Waals surface area contributed by atoms with Gasteiger partial charge in [-0.15, -0.1) is 0 Å². The molecule has 1 aromatic heterocycles. The summed E-state index contributed by atoms with van der Waals surface area (Å²) in [7, 11) is 3.74. The molecule has 0 amide bonds. The van der Waals surface area contributed by atoms with E-state index in [0.717, 1.165) is 17.1 Å². The Morgan fingerprint density at radius 2 is 1.88 bits per heavy atom. The van der Waals surface area contributed by atoms with Gasteiger partial charge in [0.15, 0.2) is 5.78 Å². The Kier molecular flexibility index (Phi) is 6.37. The van der Waals surface area contributed by atoms with Crippen molar-refractivity contribution in [1.29, 1.82) is 0 Å². The lowest BCUT2D eigenvalue weighted by Gasteiger charge is -2.12. The van der Waals surface area contributed by atoms with Crippen molar-refractivity contribution >= 4 is 57.3 Å². The van der Waals surface area contributed by atoms with Gasteiger partial charge in [-0.25, -0.2) is 0 Å². The van der Waals surface area contributed by atoms with Gasteiger partial charge < -0.3 is 9.47 Å². The zero-order valence-corrected chi connectivity index (χ0v) is 17.0. The first kappa shape index (κ1) is 19.3. The lowest BCUT2D eigenvalue weighted by Crippen LogP contribution is -2.18. The number of aromatic nitrogens is 1. The molecule has 0 spiro atoms. The van der Waals surface area contributed by atoms with Gasteiger partial charge in [0.05, 0.1) is 15.8 Å². The van der Waals surface area contributed by atoms with Crippen molar-refractivity contribution in [1.82, 2.24) is 9.47 Å². The van der Waals surface area contributed by atoms with E-state index in [-0.39, 0.29) is 5.78 Å². The Hall–Kier alpha value is -1.01. The molecule has 0 unspecified atom stereocenters. The van der Waals surface area contributed by atoms with E-state index in [0.29, 0.717) is 25.7 Å². The van der Waals surface area contributed by atoms with E-state index < -0.39 is 0 Å². The number of thioether (sulfide) groups is 1. The molecular weight excluding hydrogens is 383 g/mol. The van der Waals surface area contributed by atoms with E-state index in [1.165, 1.54) is 11.8 Å². The first-order chi connectivity index (χ1) is 11.2. The van der Waals surface area contributed by atoms with E-state index in [1.807, 2.05) is 49.5 Å². The number of aryl methyl sites for hydroxylation is 1. The normalized spacial score (nSPS) is 10.8. The van der Waals surface area contributed by atoms with Crippen molar-refractivity contribution in [2.45, 2.75) is 13.8 Å². The van der Waals surface area contributed by atoms with Crippen molar-refractivity contribution < 1.29 is 4.79 Å². The van der Waals surface area contributed by atoms with Gasteiger partial charge in [-0.1, -0.05) is 47.2 Å². The topological polar surface area (TPSA) is 25.2 Å². The molecule has 7 heteroatoms. The number of hydrogen-bond donors (Lipinski definition) is 0. The largest absolute Gasteiger partial charge is 0.364 e. The van der Waals surface area contributed by atoms with Crippen LogP contribution in [-0.4, -0.2) is 39.4 Å². The van der Waals surface area contributed by atoms with Crippen molar-refractivity contribution in [3.8, 4) is 5.69 Å². The Morgan fingerprint density at radius 3 is 2.46 bits per heavy atom. The average molecular weight is 401 g/mol. The zero-order chi connectivity index (χ0) is 18.0. The quantitative estimate of drug-likeness (QED) is 0.522. The molecule has 0 radical (unpaired) electrons. The number of carbonyl (C=O) groups is 1. The summed E-state index contributed by atoms with van der Waals surface area (Å²) in [5.74, 6) is 0.381. The predicted molar refractivity (Wildman–Crippen MR) is 108 cm³/mol. The van der Waals surface area contributed by atoms with Crippen LogP contribution in [-0.2, 0) is 0 Å². The third-order valence-electron chi connectivity index (χ3n) is 3.58. The van der Waals surface area contributed by atoms with E-state index >= 15 is 0 Å². The van der Waals surface area contributed by atoms with Gasteiger partial charge in [0.1, 0.15) is 4.32 Å². The first-order valence-corrected chi connectivity index (χ1v) is 9.39. The first-order valence-electron chi connectivity index (χ1n) is 7.24. The Bertz CT molecular complexity index is 800. The second-order valence-electron chi connectivity index (χ2n) is 5.59. The highest BCUT2D eigenvalue weighted by Crippen LogP contribution is 2.28. The maximum absolute atomic E-state index is 12.6. The van der Waals surface area contributed by atoms with Gasteiger partial charge in [0.2, 0.25) is 0 Å². The minimum Gasteiger partial charge on any atom is -0.364 e. The van der Waals surface area contributed by atoms with Crippen LogP contribution in [0.2, 0.25) is 10.0 Å². The monoisotopic (exact) mass is 400 g/mol. The lowest BCUT2D eigenvalue weighted by atomic mass is 10.2. The highest BCUT2D eigenvalue weighted by atomic mass is 35.5. The third kappa shape index (κ3) is 4.14. The van der Waals surface area contributed by atoms with Crippen LogP contribution < -0.4 is 0 Å². The summed E-state index contributed by atoms with van der Waals surface area (Å²) >= 11 is 18.7. The molecule has 24 heavy (non-hydrogen) atoms. The molecule has 1 heterocycles. The molecule has 3 nitrogen and oxygen atoms in total. The van der Waals surface area contributed by atoms with Crippen molar-refractivity contribution in [3.05, 3.63) is 51.3 Å². The number of ketones is 1. The second-order valence-corrected chi connectivity index (χ2v) is 8.01. The molecule has 0 saturated heterocycles. The van der Waals surface area contributed by atoms with Crippen LogP contribution in [0.1, 0.15) is 21.7 Å². The maximum Gasteiger partial charge on any atom is 0.174 e. The standard InChI is InChI=1S/C17H18Cl2N2OS2/c1-10-7-13(16(22)9-24-17(23)20(3)4)11(2)21(10)12-5-6-14(18)15(19)8-12/h5-8H,9H2,1-4H3. The number of thiocarbonyl (C=S) groups is 1. The fourth-order valence-electron chi connectivity index (χ4n) is 2.40. The summed E-state index contributed by atoms with van der Waals surface area (Å²) in [6.07, 6.45) is 0.